The quantitative estimate of drug-likeness (QED) is 0.847. The Labute approximate surface area is 169 Å². The van der Waals surface area contributed by atoms with Crippen LogP contribution in [0.5, 0.6) is 0 Å². The molecule has 2 fully saturated rings. The third-order valence-corrected chi connectivity index (χ3v) is 6.69. The lowest BCUT2D eigenvalue weighted by molar-refractivity contribution is 0.0739. The number of nitrogens with zero attached hydrogens (tertiary/aromatic N) is 2. The normalized spacial score (nSPS) is 24.9. The van der Waals surface area contributed by atoms with Gasteiger partial charge in [0.15, 0.2) is 0 Å². The highest BCUT2D eigenvalue weighted by Crippen LogP contribution is 2.37. The van der Waals surface area contributed by atoms with Crippen molar-refractivity contribution in [1.29, 1.82) is 0 Å². The van der Waals surface area contributed by atoms with E-state index in [1.807, 2.05) is 11.1 Å². The number of rotatable bonds is 3. The van der Waals surface area contributed by atoms with Crippen molar-refractivity contribution in [2.75, 3.05) is 31.6 Å². The maximum atomic E-state index is 13.2. The average molecular weight is 386 g/mol. The van der Waals surface area contributed by atoms with Crippen molar-refractivity contribution in [3.8, 4) is 0 Å². The van der Waals surface area contributed by atoms with Gasteiger partial charge in [-0.25, -0.2) is 4.98 Å². The Kier molecular flexibility index (Phi) is 5.91. The summed E-state index contributed by atoms with van der Waals surface area (Å²) in [5.74, 6) is 1.18. The molecule has 0 bridgehead atoms. The highest BCUT2D eigenvalue weighted by molar-refractivity contribution is 5.96. The van der Waals surface area contributed by atoms with Gasteiger partial charge in [-0.1, -0.05) is 20.3 Å². The molecule has 5 nitrogen and oxygen atoms in total. The topological polar surface area (TPSA) is 54.5 Å². The molecule has 1 N–H and O–H groups in total. The van der Waals surface area contributed by atoms with Crippen LogP contribution in [-0.2, 0) is 17.6 Å². The van der Waals surface area contributed by atoms with E-state index < -0.39 is 0 Å². The van der Waals surface area contributed by atoms with E-state index in [0.29, 0.717) is 24.6 Å². The van der Waals surface area contributed by atoms with Crippen LogP contribution in [0.4, 0.5) is 5.82 Å². The van der Waals surface area contributed by atoms with Crippen LogP contribution < -0.4 is 5.32 Å². The number of nitrogens with one attached hydrogen (secondary N) is 1. The van der Waals surface area contributed by atoms with E-state index in [9.17, 15) is 4.79 Å². The lowest BCUT2D eigenvalue weighted by atomic mass is 9.75. The number of hydrogen-bond acceptors (Lipinski definition) is 4. The zero-order chi connectivity index (χ0) is 19.6. The summed E-state index contributed by atoms with van der Waals surface area (Å²) in [6, 6.07) is 0.492. The summed E-state index contributed by atoms with van der Waals surface area (Å²) in [6.07, 6.45) is 12.1. The van der Waals surface area contributed by atoms with Gasteiger partial charge in [-0.3, -0.25) is 4.79 Å². The minimum Gasteiger partial charge on any atom is -0.380 e. The maximum absolute atomic E-state index is 13.2. The Morgan fingerprint density at radius 1 is 1.14 bits per heavy atom. The van der Waals surface area contributed by atoms with Crippen LogP contribution in [0.1, 0.15) is 80.3 Å². The van der Waals surface area contributed by atoms with E-state index in [2.05, 4.69) is 19.2 Å². The van der Waals surface area contributed by atoms with E-state index in [0.717, 1.165) is 50.2 Å². The molecule has 1 amide bonds. The molecule has 5 heteroatoms. The molecule has 0 aromatic carbocycles. The van der Waals surface area contributed by atoms with Gasteiger partial charge in [0, 0.05) is 31.9 Å². The summed E-state index contributed by atoms with van der Waals surface area (Å²) < 4.78 is 5.52. The summed E-state index contributed by atoms with van der Waals surface area (Å²) >= 11 is 0. The van der Waals surface area contributed by atoms with Gasteiger partial charge in [0.2, 0.25) is 0 Å². The molecule has 28 heavy (non-hydrogen) atoms. The fourth-order valence-electron chi connectivity index (χ4n) is 5.19. The molecule has 3 aliphatic rings. The number of carbonyl (C=O) groups excluding carboxylic acids is 1. The van der Waals surface area contributed by atoms with Crippen molar-refractivity contribution < 1.29 is 9.53 Å². The van der Waals surface area contributed by atoms with Gasteiger partial charge in [-0.05, 0) is 67.9 Å². The Hall–Kier alpha value is -1.62. The van der Waals surface area contributed by atoms with Crippen molar-refractivity contribution in [2.24, 2.45) is 5.41 Å². The van der Waals surface area contributed by atoms with E-state index in [1.54, 1.807) is 0 Å². The van der Waals surface area contributed by atoms with Crippen LogP contribution in [0, 0.1) is 5.41 Å². The number of fused-ring (bicyclic) bond motifs is 1. The zero-order valence-corrected chi connectivity index (χ0v) is 17.6. The summed E-state index contributed by atoms with van der Waals surface area (Å²) in [5.41, 5.74) is 3.77. The number of aromatic nitrogens is 1. The van der Waals surface area contributed by atoms with Crippen LogP contribution in [0.3, 0.4) is 0 Å². The largest absolute Gasteiger partial charge is 0.380 e. The lowest BCUT2D eigenvalue weighted by Crippen LogP contribution is -2.35. The van der Waals surface area contributed by atoms with Crippen molar-refractivity contribution >= 4 is 11.7 Å². The first-order valence-corrected chi connectivity index (χ1v) is 11.2. The number of carbonyl (C=O) groups is 1. The molecular formula is C23H35N3O2. The lowest BCUT2D eigenvalue weighted by Gasteiger charge is -2.36. The van der Waals surface area contributed by atoms with Gasteiger partial charge in [-0.2, -0.15) is 0 Å². The molecule has 0 spiro atoms. The van der Waals surface area contributed by atoms with Gasteiger partial charge >= 0.3 is 0 Å². The molecule has 154 valence electrons. The molecule has 1 atom stereocenters. The second-order valence-electron chi connectivity index (χ2n) is 9.54. The molecule has 0 radical (unpaired) electrons. The van der Waals surface area contributed by atoms with Gasteiger partial charge in [0.25, 0.3) is 5.91 Å². The van der Waals surface area contributed by atoms with Crippen LogP contribution in [-0.4, -0.2) is 48.1 Å². The molecule has 1 unspecified atom stereocenters. The van der Waals surface area contributed by atoms with E-state index in [4.69, 9.17) is 9.72 Å². The first-order valence-electron chi connectivity index (χ1n) is 11.2. The highest BCUT2D eigenvalue weighted by Gasteiger charge is 2.30. The molecule has 1 aromatic heterocycles. The third-order valence-electron chi connectivity index (χ3n) is 6.69. The predicted molar refractivity (Wildman–Crippen MR) is 112 cm³/mol. The van der Waals surface area contributed by atoms with Gasteiger partial charge in [0.05, 0.1) is 12.2 Å². The van der Waals surface area contributed by atoms with Crippen LogP contribution in [0.15, 0.2) is 6.20 Å². The fourth-order valence-corrected chi connectivity index (χ4v) is 5.19. The number of amides is 1. The minimum atomic E-state index is 0.140. The second kappa shape index (κ2) is 8.40. The monoisotopic (exact) mass is 385 g/mol. The van der Waals surface area contributed by atoms with Crippen LogP contribution in [0.2, 0.25) is 0 Å². The van der Waals surface area contributed by atoms with Crippen molar-refractivity contribution in [2.45, 2.75) is 77.7 Å². The molecule has 1 aliphatic heterocycles. The Morgan fingerprint density at radius 3 is 2.79 bits per heavy atom. The first-order chi connectivity index (χ1) is 13.5. The number of anilines is 1. The Morgan fingerprint density at radius 2 is 1.96 bits per heavy atom. The number of ether oxygens (including phenoxy) is 1. The van der Waals surface area contributed by atoms with Crippen molar-refractivity contribution in [3.63, 3.8) is 0 Å². The standard InChI is InChI=1S/C23H35N3O2/c1-23(2)10-5-7-17(15-23)25-21-19-9-4-3-8-18(19)20(16-24-21)22(27)26-11-6-13-28-14-12-26/h16-17H,3-15H2,1-2H3,(H,24,25). The summed E-state index contributed by atoms with van der Waals surface area (Å²) in [5, 5.41) is 3.76. The van der Waals surface area contributed by atoms with Crippen molar-refractivity contribution in [3.05, 3.63) is 22.9 Å². The van der Waals surface area contributed by atoms with E-state index >= 15 is 0 Å². The molecule has 1 saturated carbocycles. The summed E-state index contributed by atoms with van der Waals surface area (Å²) in [4.78, 5) is 20.0. The molecule has 4 rings (SSSR count). The summed E-state index contributed by atoms with van der Waals surface area (Å²) in [7, 11) is 0. The van der Waals surface area contributed by atoms with Crippen molar-refractivity contribution in [1.82, 2.24) is 9.88 Å². The predicted octanol–water partition coefficient (Wildman–Crippen LogP) is 4.20. The number of hydrogen-bond donors (Lipinski definition) is 1. The van der Waals surface area contributed by atoms with E-state index in [-0.39, 0.29) is 5.91 Å². The smallest absolute Gasteiger partial charge is 0.255 e. The Balaban J connectivity index is 1.57. The number of pyridine rings is 1. The van der Waals surface area contributed by atoms with Gasteiger partial charge in [0.1, 0.15) is 5.82 Å². The average Bonchev–Trinajstić information content (AvgIpc) is 2.96. The highest BCUT2D eigenvalue weighted by atomic mass is 16.5. The summed E-state index contributed by atoms with van der Waals surface area (Å²) in [6.45, 7) is 7.60. The maximum Gasteiger partial charge on any atom is 0.255 e. The molecule has 2 aliphatic carbocycles. The van der Waals surface area contributed by atoms with Gasteiger partial charge < -0.3 is 15.0 Å². The first kappa shape index (κ1) is 19.7. The minimum absolute atomic E-state index is 0.140. The van der Waals surface area contributed by atoms with Gasteiger partial charge in [-0.15, -0.1) is 0 Å². The van der Waals surface area contributed by atoms with Crippen LogP contribution in [0.25, 0.3) is 0 Å². The molecule has 1 saturated heterocycles. The third kappa shape index (κ3) is 4.35. The fraction of sp³-hybridized carbons (Fsp3) is 0.739. The Bertz CT molecular complexity index is 708. The second-order valence-corrected chi connectivity index (χ2v) is 9.54. The SMILES string of the molecule is CC1(C)CCCC(Nc2ncc(C(=O)N3CCCOCC3)c3c2CCCC3)C1. The molecule has 1 aromatic rings. The van der Waals surface area contributed by atoms with Crippen LogP contribution >= 0.6 is 0 Å². The zero-order valence-electron chi connectivity index (χ0n) is 17.6. The van der Waals surface area contributed by atoms with E-state index in [1.165, 1.54) is 43.2 Å². The molecule has 2 heterocycles. The molecular weight excluding hydrogens is 350 g/mol.